The molecule has 5 nitrogen and oxygen atoms in total. The molecule has 0 bridgehead atoms. The van der Waals surface area contributed by atoms with Crippen molar-refractivity contribution in [2.75, 3.05) is 11.9 Å². The first-order valence-electron chi connectivity index (χ1n) is 5.98. The average Bonchev–Trinajstić information content (AvgIpc) is 2.33. The minimum atomic E-state index is -0.783. The molecule has 6 heteroatoms. The average molecular weight is 285 g/mol. The molecular formula is C13H17ClN2O3. The normalized spacial score (nSPS) is 11.9. The molecule has 0 saturated carbocycles. The largest absolute Gasteiger partial charge is 0.481 e. The van der Waals surface area contributed by atoms with Crippen LogP contribution in [0.15, 0.2) is 18.2 Å². The van der Waals surface area contributed by atoms with Crippen LogP contribution < -0.4 is 11.1 Å². The van der Waals surface area contributed by atoms with Crippen LogP contribution in [0.5, 0.6) is 0 Å². The van der Waals surface area contributed by atoms with Gasteiger partial charge in [0.1, 0.15) is 0 Å². The number of rotatable bonds is 7. The Labute approximate surface area is 116 Å². The number of carbonyl (C=O) groups is 2. The van der Waals surface area contributed by atoms with E-state index in [0.29, 0.717) is 18.0 Å². The van der Waals surface area contributed by atoms with Gasteiger partial charge in [0.15, 0.2) is 0 Å². The molecule has 1 aromatic carbocycles. The number of carboxylic acids is 1. The number of amides is 1. The highest BCUT2D eigenvalue weighted by Gasteiger charge is 2.10. The Bertz CT molecular complexity index is 477. The zero-order chi connectivity index (χ0) is 14.4. The fraction of sp³-hybridized carbons (Fsp3) is 0.385. The fourth-order valence-corrected chi connectivity index (χ4v) is 1.86. The quantitative estimate of drug-likeness (QED) is 0.670. The van der Waals surface area contributed by atoms with Crippen molar-refractivity contribution in [1.82, 2.24) is 0 Å². The molecule has 1 amide bonds. The highest BCUT2D eigenvalue weighted by atomic mass is 35.5. The highest BCUT2D eigenvalue weighted by molar-refractivity contribution is 6.34. The lowest BCUT2D eigenvalue weighted by molar-refractivity contribution is -0.141. The SMILES string of the molecule is CC(CCCNc1ccc(C(N)=O)c(Cl)c1)C(=O)O. The lowest BCUT2D eigenvalue weighted by Crippen LogP contribution is -2.13. The van der Waals surface area contributed by atoms with Crippen LogP contribution in [0.25, 0.3) is 0 Å². The molecule has 0 saturated heterocycles. The Morgan fingerprint density at radius 1 is 1.47 bits per heavy atom. The molecule has 4 N–H and O–H groups in total. The number of halogens is 1. The van der Waals surface area contributed by atoms with Gasteiger partial charge in [-0.05, 0) is 31.0 Å². The van der Waals surface area contributed by atoms with E-state index in [4.69, 9.17) is 22.4 Å². The number of nitrogens with one attached hydrogen (secondary N) is 1. The van der Waals surface area contributed by atoms with Crippen LogP contribution in [-0.2, 0) is 4.79 Å². The molecule has 0 aliphatic heterocycles. The van der Waals surface area contributed by atoms with E-state index in [-0.39, 0.29) is 11.5 Å². The number of primary amides is 1. The van der Waals surface area contributed by atoms with Gasteiger partial charge in [0.2, 0.25) is 5.91 Å². The fourth-order valence-electron chi connectivity index (χ4n) is 1.59. The molecule has 1 atom stereocenters. The smallest absolute Gasteiger partial charge is 0.306 e. The number of hydrogen-bond acceptors (Lipinski definition) is 3. The van der Waals surface area contributed by atoms with Crippen molar-refractivity contribution >= 4 is 29.2 Å². The van der Waals surface area contributed by atoms with Crippen LogP contribution in [0.3, 0.4) is 0 Å². The van der Waals surface area contributed by atoms with Crippen molar-refractivity contribution in [3.63, 3.8) is 0 Å². The summed E-state index contributed by atoms with van der Waals surface area (Å²) < 4.78 is 0. The van der Waals surface area contributed by atoms with Crippen LogP contribution in [0.1, 0.15) is 30.1 Å². The molecule has 1 unspecified atom stereocenters. The number of aliphatic carboxylic acids is 1. The van der Waals surface area contributed by atoms with Gasteiger partial charge in [-0.2, -0.15) is 0 Å². The minimum absolute atomic E-state index is 0.284. The first-order chi connectivity index (χ1) is 8.91. The molecule has 0 aliphatic carbocycles. The number of anilines is 1. The molecule has 0 radical (unpaired) electrons. The Balaban J connectivity index is 2.44. The monoisotopic (exact) mass is 284 g/mol. The van der Waals surface area contributed by atoms with Crippen molar-refractivity contribution in [3.8, 4) is 0 Å². The van der Waals surface area contributed by atoms with Crippen LogP contribution in [0.2, 0.25) is 5.02 Å². The van der Waals surface area contributed by atoms with E-state index in [9.17, 15) is 9.59 Å². The summed E-state index contributed by atoms with van der Waals surface area (Å²) in [6, 6.07) is 4.90. The summed E-state index contributed by atoms with van der Waals surface area (Å²) in [4.78, 5) is 21.6. The number of carbonyl (C=O) groups excluding carboxylic acids is 1. The van der Waals surface area contributed by atoms with E-state index in [1.807, 2.05) is 0 Å². The number of hydrogen-bond donors (Lipinski definition) is 3. The molecule has 0 spiro atoms. The molecule has 1 rings (SSSR count). The lowest BCUT2D eigenvalue weighted by atomic mass is 10.1. The number of benzene rings is 1. The predicted octanol–water partition coefficient (Wildman–Crippen LogP) is 2.35. The van der Waals surface area contributed by atoms with Gasteiger partial charge < -0.3 is 16.2 Å². The molecular weight excluding hydrogens is 268 g/mol. The van der Waals surface area contributed by atoms with Crippen LogP contribution in [-0.4, -0.2) is 23.5 Å². The lowest BCUT2D eigenvalue weighted by Gasteiger charge is -2.09. The third-order valence-electron chi connectivity index (χ3n) is 2.80. The molecule has 0 aromatic heterocycles. The maximum Gasteiger partial charge on any atom is 0.306 e. The Morgan fingerprint density at radius 2 is 2.16 bits per heavy atom. The third-order valence-corrected chi connectivity index (χ3v) is 3.11. The Morgan fingerprint density at radius 3 is 2.68 bits per heavy atom. The number of nitrogens with two attached hydrogens (primary N) is 1. The van der Waals surface area contributed by atoms with Gasteiger partial charge in [-0.3, -0.25) is 9.59 Å². The number of carboxylic acid groups (broad SMARTS) is 1. The van der Waals surface area contributed by atoms with E-state index in [2.05, 4.69) is 5.32 Å². The first kappa shape index (κ1) is 15.3. The molecule has 104 valence electrons. The summed E-state index contributed by atoms with van der Waals surface area (Å²) in [5.74, 6) is -1.69. The third kappa shape index (κ3) is 4.79. The van der Waals surface area contributed by atoms with Crippen molar-refractivity contribution in [2.45, 2.75) is 19.8 Å². The topological polar surface area (TPSA) is 92.4 Å². The second-order valence-electron chi connectivity index (χ2n) is 4.37. The van der Waals surface area contributed by atoms with Crippen molar-refractivity contribution in [3.05, 3.63) is 28.8 Å². The van der Waals surface area contributed by atoms with E-state index in [1.165, 1.54) is 0 Å². The van der Waals surface area contributed by atoms with Crippen molar-refractivity contribution < 1.29 is 14.7 Å². The van der Waals surface area contributed by atoms with Gasteiger partial charge in [0.05, 0.1) is 16.5 Å². The minimum Gasteiger partial charge on any atom is -0.481 e. The van der Waals surface area contributed by atoms with Gasteiger partial charge in [0.25, 0.3) is 0 Å². The van der Waals surface area contributed by atoms with Gasteiger partial charge in [-0.1, -0.05) is 18.5 Å². The van der Waals surface area contributed by atoms with E-state index in [1.54, 1.807) is 25.1 Å². The summed E-state index contributed by atoms with van der Waals surface area (Å²) >= 11 is 5.91. The summed E-state index contributed by atoms with van der Waals surface area (Å²) in [5.41, 5.74) is 6.21. The second kappa shape index (κ2) is 6.99. The van der Waals surface area contributed by atoms with Crippen molar-refractivity contribution in [1.29, 1.82) is 0 Å². The molecule has 0 fully saturated rings. The van der Waals surface area contributed by atoms with Crippen molar-refractivity contribution in [2.24, 2.45) is 11.7 Å². The van der Waals surface area contributed by atoms with Crippen LogP contribution in [0.4, 0.5) is 5.69 Å². The van der Waals surface area contributed by atoms with Gasteiger partial charge >= 0.3 is 5.97 Å². The predicted molar refractivity (Wildman–Crippen MR) is 74.5 cm³/mol. The molecule has 0 aliphatic rings. The molecule has 1 aromatic rings. The molecule has 19 heavy (non-hydrogen) atoms. The van der Waals surface area contributed by atoms with E-state index >= 15 is 0 Å². The summed E-state index contributed by atoms with van der Waals surface area (Å²) in [7, 11) is 0. The zero-order valence-corrected chi connectivity index (χ0v) is 11.4. The maximum atomic E-state index is 11.0. The first-order valence-corrected chi connectivity index (χ1v) is 6.35. The van der Waals surface area contributed by atoms with Crippen LogP contribution >= 0.6 is 11.6 Å². The van der Waals surface area contributed by atoms with Gasteiger partial charge in [-0.15, -0.1) is 0 Å². The Kier molecular flexibility index (Phi) is 5.63. The summed E-state index contributed by atoms with van der Waals surface area (Å²) in [6.07, 6.45) is 1.35. The van der Waals surface area contributed by atoms with Crippen LogP contribution in [0, 0.1) is 5.92 Å². The van der Waals surface area contributed by atoms with E-state index in [0.717, 1.165) is 12.1 Å². The summed E-state index contributed by atoms with van der Waals surface area (Å²) in [6.45, 7) is 2.32. The highest BCUT2D eigenvalue weighted by Crippen LogP contribution is 2.20. The summed E-state index contributed by atoms with van der Waals surface area (Å²) in [5, 5.41) is 12.2. The maximum absolute atomic E-state index is 11.0. The zero-order valence-electron chi connectivity index (χ0n) is 10.6. The van der Waals surface area contributed by atoms with E-state index < -0.39 is 11.9 Å². The van der Waals surface area contributed by atoms with Gasteiger partial charge in [-0.25, -0.2) is 0 Å². The standard InChI is InChI=1S/C13H17ClN2O3/c1-8(13(18)19)3-2-6-16-9-4-5-10(12(15)17)11(14)7-9/h4-5,7-8,16H,2-3,6H2,1H3,(H2,15,17)(H,18,19). The molecule has 0 heterocycles. The van der Waals surface area contributed by atoms with Gasteiger partial charge in [0, 0.05) is 12.2 Å². The Hall–Kier alpha value is -1.75. The second-order valence-corrected chi connectivity index (χ2v) is 4.77.